The van der Waals surface area contributed by atoms with Gasteiger partial charge in [0.05, 0.1) is 4.47 Å². The fourth-order valence-corrected chi connectivity index (χ4v) is 4.28. The number of carbonyl (C=O) groups excluding carboxylic acids is 1. The minimum absolute atomic E-state index is 0.0412. The Morgan fingerprint density at radius 2 is 1.93 bits per heavy atom. The van der Waals surface area contributed by atoms with Gasteiger partial charge in [-0.15, -0.1) is 0 Å². The Bertz CT molecular complexity index is 828. The first-order chi connectivity index (χ1) is 13.1. The molecule has 5 nitrogen and oxygen atoms in total. The summed E-state index contributed by atoms with van der Waals surface area (Å²) in [6.45, 7) is 6.53. The van der Waals surface area contributed by atoms with Crippen molar-refractivity contribution in [2.45, 2.75) is 19.5 Å². The van der Waals surface area contributed by atoms with Gasteiger partial charge >= 0.3 is 0 Å². The summed E-state index contributed by atoms with van der Waals surface area (Å²) in [5.41, 5.74) is 1.94. The van der Waals surface area contributed by atoms with Crippen LogP contribution in [0.15, 0.2) is 46.9 Å². The third kappa shape index (κ3) is 3.96. The van der Waals surface area contributed by atoms with Gasteiger partial charge in [0, 0.05) is 37.8 Å². The average molecular weight is 431 g/mol. The van der Waals surface area contributed by atoms with E-state index in [9.17, 15) is 4.79 Å². The van der Waals surface area contributed by atoms with Crippen LogP contribution in [0.25, 0.3) is 0 Å². The van der Waals surface area contributed by atoms with Gasteiger partial charge in [-0.2, -0.15) is 0 Å². The summed E-state index contributed by atoms with van der Waals surface area (Å²) in [6.07, 6.45) is 0. The highest BCUT2D eigenvalue weighted by atomic mass is 79.9. The smallest absolute Gasteiger partial charge is 0.254 e. The standard InChI is InChI=1S/C21H23BrN2O3/c1-15-13-23(14-16-5-3-2-4-6-16)7-8-24(15)21(25)17-11-18(22)20-19(12-17)26-9-10-27-20/h2-6,11-12,15H,7-10,13-14H2,1H3. The SMILES string of the molecule is CC1CN(Cc2ccccc2)CCN1C(=O)c1cc(Br)c2c(c1)OCCO2. The van der Waals surface area contributed by atoms with Crippen LogP contribution in [-0.4, -0.2) is 54.6 Å². The van der Waals surface area contributed by atoms with Crippen LogP contribution in [0.4, 0.5) is 0 Å². The number of hydrogen-bond acceptors (Lipinski definition) is 4. The largest absolute Gasteiger partial charge is 0.486 e. The molecule has 4 rings (SSSR count). The highest BCUT2D eigenvalue weighted by Gasteiger charge is 2.29. The van der Waals surface area contributed by atoms with Crippen molar-refractivity contribution in [1.82, 2.24) is 9.80 Å². The van der Waals surface area contributed by atoms with Crippen molar-refractivity contribution in [2.75, 3.05) is 32.8 Å². The number of benzene rings is 2. The third-order valence-corrected chi connectivity index (χ3v) is 5.65. The molecule has 2 aromatic rings. The number of piperazine rings is 1. The van der Waals surface area contributed by atoms with Crippen LogP contribution in [0.2, 0.25) is 0 Å². The second kappa shape index (κ2) is 7.90. The number of halogens is 1. The van der Waals surface area contributed by atoms with Crippen LogP contribution in [0.5, 0.6) is 11.5 Å². The van der Waals surface area contributed by atoms with Crippen molar-refractivity contribution < 1.29 is 14.3 Å². The van der Waals surface area contributed by atoms with E-state index in [1.54, 1.807) is 6.07 Å². The molecule has 1 saturated heterocycles. The Hall–Kier alpha value is -2.05. The zero-order valence-electron chi connectivity index (χ0n) is 15.4. The molecule has 1 amide bonds. The lowest BCUT2D eigenvalue weighted by atomic mass is 10.1. The maximum absolute atomic E-state index is 13.1. The molecule has 2 aliphatic rings. The Balaban J connectivity index is 1.45. The molecule has 1 fully saturated rings. The van der Waals surface area contributed by atoms with Crippen molar-refractivity contribution in [3.05, 3.63) is 58.1 Å². The fourth-order valence-electron chi connectivity index (χ4n) is 3.72. The van der Waals surface area contributed by atoms with Crippen molar-refractivity contribution in [3.8, 4) is 11.5 Å². The average Bonchev–Trinajstić information content (AvgIpc) is 2.68. The predicted molar refractivity (Wildman–Crippen MR) is 107 cm³/mol. The number of carbonyl (C=O) groups is 1. The molecule has 2 aliphatic heterocycles. The first kappa shape index (κ1) is 18.3. The van der Waals surface area contributed by atoms with Crippen molar-refractivity contribution in [3.63, 3.8) is 0 Å². The molecule has 0 aliphatic carbocycles. The highest BCUT2D eigenvalue weighted by Crippen LogP contribution is 2.39. The van der Waals surface area contributed by atoms with Crippen molar-refractivity contribution in [2.24, 2.45) is 0 Å². The highest BCUT2D eigenvalue weighted by molar-refractivity contribution is 9.10. The molecule has 142 valence electrons. The quantitative estimate of drug-likeness (QED) is 0.746. The third-order valence-electron chi connectivity index (χ3n) is 5.07. The number of ether oxygens (including phenoxy) is 2. The van der Waals surface area contributed by atoms with E-state index in [2.05, 4.69) is 52.0 Å². The van der Waals surface area contributed by atoms with Crippen LogP contribution < -0.4 is 9.47 Å². The van der Waals surface area contributed by atoms with Crippen LogP contribution >= 0.6 is 15.9 Å². The summed E-state index contributed by atoms with van der Waals surface area (Å²) in [6, 6.07) is 14.2. The van der Waals surface area contributed by atoms with Gasteiger partial charge in [-0.25, -0.2) is 0 Å². The Labute approximate surface area is 168 Å². The molecule has 0 spiro atoms. The lowest BCUT2D eigenvalue weighted by Gasteiger charge is -2.40. The molecule has 0 saturated carbocycles. The molecule has 0 bridgehead atoms. The van der Waals surface area contributed by atoms with Gasteiger partial charge < -0.3 is 14.4 Å². The summed E-state index contributed by atoms with van der Waals surface area (Å²) in [5, 5.41) is 0. The Kier molecular flexibility index (Phi) is 5.36. The summed E-state index contributed by atoms with van der Waals surface area (Å²) < 4.78 is 12.0. The van der Waals surface area contributed by atoms with Crippen molar-refractivity contribution in [1.29, 1.82) is 0 Å². The van der Waals surface area contributed by atoms with E-state index in [4.69, 9.17) is 9.47 Å². The van der Waals surface area contributed by atoms with Crippen LogP contribution in [-0.2, 0) is 6.54 Å². The predicted octanol–water partition coefficient (Wildman–Crippen LogP) is 3.57. The number of hydrogen-bond donors (Lipinski definition) is 0. The summed E-state index contributed by atoms with van der Waals surface area (Å²) in [4.78, 5) is 17.5. The van der Waals surface area contributed by atoms with Crippen molar-refractivity contribution >= 4 is 21.8 Å². The molecule has 2 aromatic carbocycles. The lowest BCUT2D eigenvalue weighted by Crippen LogP contribution is -2.53. The molecular weight excluding hydrogens is 408 g/mol. The molecular formula is C21H23BrN2O3. The van der Waals surface area contributed by atoms with E-state index in [0.717, 1.165) is 30.7 Å². The number of nitrogens with zero attached hydrogens (tertiary/aromatic N) is 2. The molecule has 27 heavy (non-hydrogen) atoms. The molecule has 2 heterocycles. The molecule has 0 radical (unpaired) electrons. The van der Waals surface area contributed by atoms with Gasteiger partial charge in [0.25, 0.3) is 5.91 Å². The molecule has 6 heteroatoms. The maximum Gasteiger partial charge on any atom is 0.254 e. The van der Waals surface area contributed by atoms with Crippen LogP contribution in [0, 0.1) is 0 Å². The minimum Gasteiger partial charge on any atom is -0.486 e. The zero-order valence-corrected chi connectivity index (χ0v) is 16.9. The molecule has 1 atom stereocenters. The summed E-state index contributed by atoms with van der Waals surface area (Å²) in [5.74, 6) is 1.35. The van der Waals surface area contributed by atoms with Gasteiger partial charge in [-0.05, 0) is 40.5 Å². The van der Waals surface area contributed by atoms with Gasteiger partial charge in [-0.1, -0.05) is 30.3 Å². The molecule has 1 unspecified atom stereocenters. The van der Waals surface area contributed by atoms with E-state index in [1.807, 2.05) is 17.0 Å². The fraction of sp³-hybridized carbons (Fsp3) is 0.381. The monoisotopic (exact) mass is 430 g/mol. The maximum atomic E-state index is 13.1. The van der Waals surface area contributed by atoms with E-state index < -0.39 is 0 Å². The number of fused-ring (bicyclic) bond motifs is 1. The van der Waals surface area contributed by atoms with E-state index in [0.29, 0.717) is 30.3 Å². The topological polar surface area (TPSA) is 42.0 Å². The van der Waals surface area contributed by atoms with Crippen LogP contribution in [0.3, 0.4) is 0 Å². The van der Waals surface area contributed by atoms with Crippen LogP contribution in [0.1, 0.15) is 22.8 Å². The number of amides is 1. The second-order valence-corrected chi connectivity index (χ2v) is 7.90. The minimum atomic E-state index is 0.0412. The van der Waals surface area contributed by atoms with E-state index >= 15 is 0 Å². The lowest BCUT2D eigenvalue weighted by molar-refractivity contribution is 0.0474. The summed E-state index contributed by atoms with van der Waals surface area (Å²) in [7, 11) is 0. The first-order valence-electron chi connectivity index (χ1n) is 9.28. The van der Waals surface area contributed by atoms with Gasteiger partial charge in [-0.3, -0.25) is 9.69 Å². The van der Waals surface area contributed by atoms with Gasteiger partial charge in [0.15, 0.2) is 11.5 Å². The zero-order chi connectivity index (χ0) is 18.8. The Morgan fingerprint density at radius 3 is 2.70 bits per heavy atom. The molecule has 0 aromatic heterocycles. The Morgan fingerprint density at radius 1 is 1.15 bits per heavy atom. The molecule has 0 N–H and O–H groups in total. The van der Waals surface area contributed by atoms with E-state index in [1.165, 1.54) is 5.56 Å². The summed E-state index contributed by atoms with van der Waals surface area (Å²) >= 11 is 3.50. The second-order valence-electron chi connectivity index (χ2n) is 7.05. The van der Waals surface area contributed by atoms with E-state index in [-0.39, 0.29) is 11.9 Å². The van der Waals surface area contributed by atoms with Gasteiger partial charge in [0.2, 0.25) is 0 Å². The number of rotatable bonds is 3. The normalized spacial score (nSPS) is 19.8. The van der Waals surface area contributed by atoms with Gasteiger partial charge in [0.1, 0.15) is 13.2 Å². The first-order valence-corrected chi connectivity index (χ1v) is 10.1.